The monoisotopic (exact) mass is 252 g/mol. The van der Waals surface area contributed by atoms with Crippen molar-refractivity contribution in [2.45, 2.75) is 18.4 Å². The molecule has 0 aromatic carbocycles. The molecule has 1 aliphatic carbocycles. The highest BCUT2D eigenvalue weighted by molar-refractivity contribution is 14.1. The minimum absolute atomic E-state index is 0.165. The molecule has 1 spiro atoms. The summed E-state index contributed by atoms with van der Waals surface area (Å²) in [4.78, 5) is 13.0. The number of hydrogen-bond acceptors (Lipinski definition) is 1. The first-order chi connectivity index (χ1) is 4.66. The highest BCUT2D eigenvalue weighted by Crippen LogP contribution is 2.48. The summed E-state index contributed by atoms with van der Waals surface area (Å²) in [5.41, 5.74) is 0.242. The van der Waals surface area contributed by atoms with Crippen molar-refractivity contribution in [1.29, 1.82) is 0 Å². The van der Waals surface area contributed by atoms with Crippen LogP contribution in [0, 0.1) is 0 Å². The third kappa shape index (κ3) is 0.681. The van der Waals surface area contributed by atoms with Gasteiger partial charge in [-0.3, -0.25) is 3.11 Å². The van der Waals surface area contributed by atoms with Gasteiger partial charge in [0.05, 0.1) is 28.4 Å². The van der Waals surface area contributed by atoms with E-state index in [9.17, 15) is 4.79 Å². The maximum Gasteiger partial charge on any atom is 0.329 e. The number of amides is 2. The SMILES string of the molecule is CN1CC2(CC2)N(I)C1=O. The summed E-state index contributed by atoms with van der Waals surface area (Å²) in [6.07, 6.45) is 2.37. The fraction of sp³-hybridized carbons (Fsp3) is 0.833. The summed E-state index contributed by atoms with van der Waals surface area (Å²) in [6.45, 7) is 0.925. The summed E-state index contributed by atoms with van der Waals surface area (Å²) >= 11 is 2.12. The van der Waals surface area contributed by atoms with Crippen LogP contribution in [0.5, 0.6) is 0 Å². The van der Waals surface area contributed by atoms with Gasteiger partial charge < -0.3 is 4.90 Å². The van der Waals surface area contributed by atoms with E-state index in [-0.39, 0.29) is 11.6 Å². The van der Waals surface area contributed by atoms with Gasteiger partial charge in [0.1, 0.15) is 0 Å². The molecular weight excluding hydrogens is 243 g/mol. The Balaban J connectivity index is 2.23. The average molecular weight is 252 g/mol. The van der Waals surface area contributed by atoms with E-state index in [1.807, 2.05) is 10.2 Å². The van der Waals surface area contributed by atoms with E-state index in [0.717, 1.165) is 6.54 Å². The molecule has 0 radical (unpaired) electrons. The average Bonchev–Trinajstić information content (AvgIpc) is 2.62. The molecule has 2 rings (SSSR count). The second kappa shape index (κ2) is 1.78. The van der Waals surface area contributed by atoms with Gasteiger partial charge >= 0.3 is 6.03 Å². The number of hydrogen-bond donors (Lipinski definition) is 0. The van der Waals surface area contributed by atoms with Crippen molar-refractivity contribution in [3.63, 3.8) is 0 Å². The summed E-state index contributed by atoms with van der Waals surface area (Å²) < 4.78 is 1.85. The molecule has 2 fully saturated rings. The van der Waals surface area contributed by atoms with E-state index >= 15 is 0 Å². The molecule has 0 N–H and O–H groups in total. The van der Waals surface area contributed by atoms with Gasteiger partial charge in [-0.15, -0.1) is 0 Å². The molecule has 1 saturated heterocycles. The first kappa shape index (κ1) is 6.69. The predicted molar refractivity (Wildman–Crippen MR) is 45.9 cm³/mol. The number of urea groups is 1. The molecule has 3 nitrogen and oxygen atoms in total. The third-order valence-electron chi connectivity index (χ3n) is 2.27. The lowest BCUT2D eigenvalue weighted by Crippen LogP contribution is -2.25. The van der Waals surface area contributed by atoms with Crippen LogP contribution < -0.4 is 0 Å². The molecule has 10 heavy (non-hydrogen) atoms. The highest BCUT2D eigenvalue weighted by atomic mass is 127. The van der Waals surface area contributed by atoms with Gasteiger partial charge in [0, 0.05) is 13.6 Å². The summed E-state index contributed by atoms with van der Waals surface area (Å²) in [6, 6.07) is 0.165. The topological polar surface area (TPSA) is 23.6 Å². The normalized spacial score (nSPS) is 28.4. The lowest BCUT2D eigenvalue weighted by molar-refractivity contribution is 0.217. The standard InChI is InChI=1S/C6H9IN2O/c1-8-4-6(2-3-6)9(7)5(8)10/h2-4H2,1H3. The van der Waals surface area contributed by atoms with Gasteiger partial charge in [-0.1, -0.05) is 0 Å². The van der Waals surface area contributed by atoms with Gasteiger partial charge in [-0.2, -0.15) is 0 Å². The molecule has 4 heteroatoms. The van der Waals surface area contributed by atoms with Crippen molar-refractivity contribution in [3.8, 4) is 0 Å². The fourth-order valence-corrected chi connectivity index (χ4v) is 2.43. The second-order valence-corrected chi connectivity index (χ2v) is 4.11. The van der Waals surface area contributed by atoms with E-state index in [1.165, 1.54) is 12.8 Å². The van der Waals surface area contributed by atoms with Gasteiger partial charge in [0.15, 0.2) is 0 Å². The van der Waals surface area contributed by atoms with Crippen LogP contribution in [0.15, 0.2) is 0 Å². The number of likely N-dealkylation sites (N-methyl/N-ethyl adjacent to an activating group) is 1. The van der Waals surface area contributed by atoms with Gasteiger partial charge in [0.25, 0.3) is 0 Å². The minimum atomic E-state index is 0.165. The first-order valence-electron chi connectivity index (χ1n) is 3.37. The van der Waals surface area contributed by atoms with Crippen molar-refractivity contribution in [3.05, 3.63) is 0 Å². The van der Waals surface area contributed by atoms with Crippen LogP contribution in [0.25, 0.3) is 0 Å². The molecule has 0 aromatic rings. The van der Waals surface area contributed by atoms with Gasteiger partial charge in [-0.05, 0) is 12.8 Å². The molecule has 1 aliphatic heterocycles. The van der Waals surface area contributed by atoms with Crippen LogP contribution >= 0.6 is 22.9 Å². The van der Waals surface area contributed by atoms with Crippen LogP contribution in [0.4, 0.5) is 4.79 Å². The zero-order valence-electron chi connectivity index (χ0n) is 5.80. The van der Waals surface area contributed by atoms with Crippen LogP contribution in [0.3, 0.4) is 0 Å². The van der Waals surface area contributed by atoms with Crippen LogP contribution in [0.1, 0.15) is 12.8 Å². The Morgan fingerprint density at radius 1 is 1.60 bits per heavy atom. The number of carbonyl (C=O) groups excluding carboxylic acids is 1. The number of rotatable bonds is 0. The number of halogens is 1. The predicted octanol–water partition coefficient (Wildman–Crippen LogP) is 1.24. The van der Waals surface area contributed by atoms with E-state index in [1.54, 1.807) is 4.90 Å². The molecular formula is C6H9IN2O. The Morgan fingerprint density at radius 3 is 2.40 bits per heavy atom. The molecule has 2 amide bonds. The van der Waals surface area contributed by atoms with Crippen molar-refractivity contribution in [2.75, 3.05) is 13.6 Å². The molecule has 0 atom stereocenters. The Bertz CT molecular complexity index is 190. The van der Waals surface area contributed by atoms with Crippen LogP contribution in [-0.2, 0) is 0 Å². The molecule has 0 unspecified atom stereocenters. The largest absolute Gasteiger partial charge is 0.329 e. The summed E-state index contributed by atoms with van der Waals surface area (Å²) in [5, 5.41) is 0. The molecule has 1 heterocycles. The molecule has 0 aromatic heterocycles. The minimum Gasteiger partial charge on any atom is -0.325 e. The Kier molecular flexibility index (Phi) is 1.19. The van der Waals surface area contributed by atoms with E-state index < -0.39 is 0 Å². The Labute approximate surface area is 73.9 Å². The molecule has 56 valence electrons. The fourth-order valence-electron chi connectivity index (χ4n) is 1.42. The molecule has 0 bridgehead atoms. The molecule has 2 aliphatic rings. The maximum absolute atomic E-state index is 11.2. The van der Waals surface area contributed by atoms with E-state index in [0.29, 0.717) is 0 Å². The maximum atomic E-state index is 11.2. The lowest BCUT2D eigenvalue weighted by Gasteiger charge is -2.11. The summed E-state index contributed by atoms with van der Waals surface area (Å²) in [5.74, 6) is 0. The quantitative estimate of drug-likeness (QED) is 0.470. The van der Waals surface area contributed by atoms with Crippen LogP contribution in [-0.4, -0.2) is 33.2 Å². The zero-order valence-corrected chi connectivity index (χ0v) is 7.96. The Morgan fingerprint density at radius 2 is 2.20 bits per heavy atom. The first-order valence-corrected chi connectivity index (χ1v) is 4.33. The zero-order chi connectivity index (χ0) is 7.35. The number of carbonyl (C=O) groups is 1. The smallest absolute Gasteiger partial charge is 0.325 e. The number of nitrogens with zero attached hydrogens (tertiary/aromatic N) is 2. The Hall–Kier alpha value is -0.0000000000000000555. The van der Waals surface area contributed by atoms with Crippen molar-refractivity contribution >= 4 is 28.9 Å². The van der Waals surface area contributed by atoms with Crippen molar-refractivity contribution < 1.29 is 4.79 Å². The lowest BCUT2D eigenvalue weighted by atomic mass is 10.3. The van der Waals surface area contributed by atoms with Crippen molar-refractivity contribution in [2.24, 2.45) is 0 Å². The second-order valence-electron chi connectivity index (χ2n) is 3.14. The summed E-state index contributed by atoms with van der Waals surface area (Å²) in [7, 11) is 1.86. The van der Waals surface area contributed by atoms with Gasteiger partial charge in [-0.25, -0.2) is 4.79 Å². The van der Waals surface area contributed by atoms with E-state index in [4.69, 9.17) is 0 Å². The van der Waals surface area contributed by atoms with E-state index in [2.05, 4.69) is 22.9 Å². The van der Waals surface area contributed by atoms with Crippen molar-refractivity contribution in [1.82, 2.24) is 8.01 Å². The molecule has 1 saturated carbocycles. The van der Waals surface area contributed by atoms with Crippen LogP contribution in [0.2, 0.25) is 0 Å². The van der Waals surface area contributed by atoms with Gasteiger partial charge in [0.2, 0.25) is 0 Å². The highest BCUT2D eigenvalue weighted by Gasteiger charge is 2.56. The third-order valence-corrected chi connectivity index (χ3v) is 3.71.